The minimum absolute atomic E-state index is 0.281. The smallest absolute Gasteiger partial charge is 0.0809 e. The molecule has 1 aromatic rings. The van der Waals surface area contributed by atoms with Crippen molar-refractivity contribution in [2.45, 2.75) is 25.6 Å². The van der Waals surface area contributed by atoms with Gasteiger partial charge in [-0.1, -0.05) is 18.2 Å². The minimum Gasteiger partial charge on any atom is -0.376 e. The summed E-state index contributed by atoms with van der Waals surface area (Å²) in [6.45, 7) is 2.15. The third-order valence-corrected chi connectivity index (χ3v) is 2.77. The van der Waals surface area contributed by atoms with Gasteiger partial charge < -0.3 is 15.3 Å². The van der Waals surface area contributed by atoms with Crippen molar-refractivity contribution >= 4 is 6.21 Å². The Kier molecular flexibility index (Phi) is 4.53. The van der Waals surface area contributed by atoms with Crippen LogP contribution in [0.25, 0.3) is 0 Å². The maximum atomic E-state index is 5.64. The molecule has 0 spiro atoms. The first-order valence-electron chi connectivity index (χ1n) is 5.90. The Morgan fingerprint density at radius 1 is 1.53 bits per heavy atom. The van der Waals surface area contributed by atoms with E-state index in [4.69, 9.17) is 15.3 Å². The molecule has 1 atom stereocenters. The highest BCUT2D eigenvalue weighted by molar-refractivity contribution is 5.79. The molecule has 0 aliphatic carbocycles. The maximum absolute atomic E-state index is 5.64. The number of hydrazone groups is 1. The van der Waals surface area contributed by atoms with Gasteiger partial charge in [-0.2, -0.15) is 5.10 Å². The fourth-order valence-corrected chi connectivity index (χ4v) is 1.93. The summed E-state index contributed by atoms with van der Waals surface area (Å²) in [6, 6.07) is 7.98. The lowest BCUT2D eigenvalue weighted by atomic mass is 10.1. The van der Waals surface area contributed by atoms with Crippen LogP contribution < -0.4 is 5.84 Å². The number of hydrogen-bond donors (Lipinski definition) is 1. The van der Waals surface area contributed by atoms with Gasteiger partial charge in [0, 0.05) is 6.61 Å². The fraction of sp³-hybridized carbons (Fsp3) is 0.462. The third-order valence-electron chi connectivity index (χ3n) is 2.77. The van der Waals surface area contributed by atoms with Crippen LogP contribution in [0.2, 0.25) is 0 Å². The van der Waals surface area contributed by atoms with E-state index in [-0.39, 0.29) is 6.10 Å². The number of hydrogen-bond acceptors (Lipinski definition) is 4. The quantitative estimate of drug-likeness (QED) is 0.479. The molecule has 4 nitrogen and oxygen atoms in total. The van der Waals surface area contributed by atoms with Crippen molar-refractivity contribution in [3.8, 4) is 0 Å². The van der Waals surface area contributed by atoms with E-state index in [1.54, 1.807) is 6.21 Å². The summed E-state index contributed by atoms with van der Waals surface area (Å²) >= 11 is 0. The molecule has 1 heterocycles. The largest absolute Gasteiger partial charge is 0.376 e. The van der Waals surface area contributed by atoms with Crippen molar-refractivity contribution in [2.75, 3.05) is 13.2 Å². The number of rotatable bonds is 5. The molecule has 92 valence electrons. The number of benzene rings is 1. The van der Waals surface area contributed by atoms with Gasteiger partial charge in [0.1, 0.15) is 0 Å². The lowest BCUT2D eigenvalue weighted by Crippen LogP contribution is -2.13. The van der Waals surface area contributed by atoms with Crippen LogP contribution in [0.3, 0.4) is 0 Å². The zero-order valence-corrected chi connectivity index (χ0v) is 9.84. The first-order chi connectivity index (χ1) is 8.38. The van der Waals surface area contributed by atoms with E-state index in [1.807, 2.05) is 24.3 Å². The van der Waals surface area contributed by atoms with Gasteiger partial charge in [0.2, 0.25) is 0 Å². The molecule has 0 amide bonds. The van der Waals surface area contributed by atoms with E-state index in [1.165, 1.54) is 0 Å². The van der Waals surface area contributed by atoms with Crippen molar-refractivity contribution in [3.63, 3.8) is 0 Å². The van der Waals surface area contributed by atoms with Crippen molar-refractivity contribution in [1.82, 2.24) is 0 Å². The average Bonchev–Trinajstić information content (AvgIpc) is 2.83. The summed E-state index contributed by atoms with van der Waals surface area (Å²) in [6.07, 6.45) is 4.17. The van der Waals surface area contributed by atoms with Gasteiger partial charge in [0.05, 0.1) is 25.5 Å². The fourth-order valence-electron chi connectivity index (χ4n) is 1.93. The maximum Gasteiger partial charge on any atom is 0.0809 e. The molecule has 0 saturated carbocycles. The molecule has 0 aromatic heterocycles. The van der Waals surface area contributed by atoms with E-state index in [0.29, 0.717) is 13.2 Å². The van der Waals surface area contributed by atoms with Gasteiger partial charge in [-0.05, 0) is 30.0 Å². The van der Waals surface area contributed by atoms with Gasteiger partial charge in [-0.25, -0.2) is 0 Å². The molecule has 4 heteroatoms. The molecule has 0 bridgehead atoms. The monoisotopic (exact) mass is 234 g/mol. The first kappa shape index (κ1) is 12.1. The predicted octanol–water partition coefficient (Wildman–Crippen LogP) is 1.67. The molecular formula is C13H18N2O2. The minimum atomic E-state index is 0.281. The summed E-state index contributed by atoms with van der Waals surface area (Å²) in [5.41, 5.74) is 2.12. The Balaban J connectivity index is 1.79. The molecule has 1 aliphatic heterocycles. The van der Waals surface area contributed by atoms with E-state index < -0.39 is 0 Å². The SMILES string of the molecule is NN=Cc1cccc(COCC2CCCO2)c1. The van der Waals surface area contributed by atoms with Gasteiger partial charge >= 0.3 is 0 Å². The van der Waals surface area contributed by atoms with Crippen LogP contribution in [-0.2, 0) is 16.1 Å². The van der Waals surface area contributed by atoms with E-state index in [2.05, 4.69) is 5.10 Å². The zero-order chi connectivity index (χ0) is 11.9. The van der Waals surface area contributed by atoms with E-state index in [9.17, 15) is 0 Å². The molecule has 1 aromatic carbocycles. The third kappa shape index (κ3) is 3.84. The highest BCUT2D eigenvalue weighted by Crippen LogP contribution is 2.13. The molecule has 0 radical (unpaired) electrons. The van der Waals surface area contributed by atoms with Crippen molar-refractivity contribution in [2.24, 2.45) is 10.9 Å². The Labute approximate surface area is 101 Å². The Bertz CT molecular complexity index is 373. The number of ether oxygens (including phenoxy) is 2. The van der Waals surface area contributed by atoms with Crippen molar-refractivity contribution < 1.29 is 9.47 Å². The summed E-state index contributed by atoms with van der Waals surface area (Å²) in [5, 5.41) is 3.50. The molecule has 1 fully saturated rings. The van der Waals surface area contributed by atoms with E-state index >= 15 is 0 Å². The van der Waals surface area contributed by atoms with Gasteiger partial charge in [-0.3, -0.25) is 0 Å². The molecule has 1 aliphatic rings. The lowest BCUT2D eigenvalue weighted by Gasteiger charge is -2.10. The van der Waals surface area contributed by atoms with Crippen LogP contribution in [0.5, 0.6) is 0 Å². The zero-order valence-electron chi connectivity index (χ0n) is 9.84. The highest BCUT2D eigenvalue weighted by Gasteiger charge is 2.15. The van der Waals surface area contributed by atoms with Crippen LogP contribution in [0, 0.1) is 0 Å². The lowest BCUT2D eigenvalue weighted by molar-refractivity contribution is 0.0106. The second-order valence-electron chi connectivity index (χ2n) is 4.17. The molecule has 2 rings (SSSR count). The van der Waals surface area contributed by atoms with Gasteiger partial charge in [-0.15, -0.1) is 0 Å². The Morgan fingerprint density at radius 3 is 3.24 bits per heavy atom. The average molecular weight is 234 g/mol. The Morgan fingerprint density at radius 2 is 2.47 bits per heavy atom. The summed E-state index contributed by atoms with van der Waals surface area (Å²) in [7, 11) is 0. The molecule has 1 unspecified atom stereocenters. The first-order valence-corrected chi connectivity index (χ1v) is 5.90. The van der Waals surface area contributed by atoms with Crippen LogP contribution in [0.15, 0.2) is 29.4 Å². The predicted molar refractivity (Wildman–Crippen MR) is 66.9 cm³/mol. The topological polar surface area (TPSA) is 56.8 Å². The second kappa shape index (κ2) is 6.37. The molecule has 17 heavy (non-hydrogen) atoms. The summed E-state index contributed by atoms with van der Waals surface area (Å²) in [4.78, 5) is 0. The Hall–Kier alpha value is -1.39. The number of nitrogens with zero attached hydrogens (tertiary/aromatic N) is 1. The number of nitrogens with two attached hydrogens (primary N) is 1. The molecule has 2 N–H and O–H groups in total. The molecular weight excluding hydrogens is 216 g/mol. The van der Waals surface area contributed by atoms with Crippen LogP contribution in [0.4, 0.5) is 0 Å². The van der Waals surface area contributed by atoms with Crippen LogP contribution in [0.1, 0.15) is 24.0 Å². The normalized spacial score (nSPS) is 20.1. The highest BCUT2D eigenvalue weighted by atomic mass is 16.5. The summed E-state index contributed by atoms with van der Waals surface area (Å²) < 4.78 is 11.1. The van der Waals surface area contributed by atoms with Gasteiger partial charge in [0.25, 0.3) is 0 Å². The van der Waals surface area contributed by atoms with Crippen LogP contribution in [-0.4, -0.2) is 25.5 Å². The standard InChI is InChI=1S/C13H18N2O2/c14-15-8-11-3-1-4-12(7-11)9-16-10-13-5-2-6-17-13/h1,3-4,7-8,13H,2,5-6,9-10,14H2. The van der Waals surface area contributed by atoms with Gasteiger partial charge in [0.15, 0.2) is 0 Å². The van der Waals surface area contributed by atoms with Crippen molar-refractivity contribution in [1.29, 1.82) is 0 Å². The summed E-state index contributed by atoms with van der Waals surface area (Å²) in [5.74, 6) is 5.12. The van der Waals surface area contributed by atoms with Crippen molar-refractivity contribution in [3.05, 3.63) is 35.4 Å². The van der Waals surface area contributed by atoms with E-state index in [0.717, 1.165) is 30.6 Å². The molecule has 1 saturated heterocycles. The second-order valence-corrected chi connectivity index (χ2v) is 4.17. The van der Waals surface area contributed by atoms with Crippen LogP contribution >= 0.6 is 0 Å².